The number of carbonyl (C=O) groups is 1. The molecule has 3 rings (SSSR count). The average Bonchev–Trinajstić information content (AvgIpc) is 3.09. The van der Waals surface area contributed by atoms with Crippen molar-refractivity contribution in [3.8, 4) is 11.3 Å². The van der Waals surface area contributed by atoms with Crippen molar-refractivity contribution >= 4 is 11.7 Å². The molecule has 0 bridgehead atoms. The van der Waals surface area contributed by atoms with Gasteiger partial charge in [0.1, 0.15) is 11.7 Å². The fourth-order valence-electron chi connectivity index (χ4n) is 2.55. The molecule has 0 unspecified atom stereocenters. The van der Waals surface area contributed by atoms with E-state index < -0.39 is 5.91 Å². The molecule has 6 N–H and O–H groups in total. The van der Waals surface area contributed by atoms with E-state index in [1.54, 1.807) is 24.3 Å². The molecule has 0 atom stereocenters. The van der Waals surface area contributed by atoms with Crippen LogP contribution >= 0.6 is 0 Å². The molecule has 6 nitrogen and oxygen atoms in total. The Bertz CT molecular complexity index is 912. The maximum Gasteiger partial charge on any atom is 0.248 e. The van der Waals surface area contributed by atoms with Crippen molar-refractivity contribution in [2.45, 2.75) is 6.42 Å². The van der Waals surface area contributed by atoms with E-state index in [-0.39, 0.29) is 5.84 Å². The fraction of sp³-hybridized carbons (Fsp3) is 0.0526. The number of nitrogens with zero attached hydrogens (tertiary/aromatic N) is 1. The van der Waals surface area contributed by atoms with Crippen LogP contribution in [0.4, 0.5) is 0 Å². The first-order chi connectivity index (χ1) is 12.0. The number of amidine groups is 1. The summed E-state index contributed by atoms with van der Waals surface area (Å²) in [7, 11) is 0. The number of aromatic amines is 1. The third-order valence-electron chi connectivity index (χ3n) is 3.89. The molecule has 1 aromatic heterocycles. The minimum Gasteiger partial charge on any atom is -0.384 e. The number of H-pyrrole nitrogens is 1. The van der Waals surface area contributed by atoms with E-state index in [1.807, 2.05) is 36.9 Å². The van der Waals surface area contributed by atoms with Gasteiger partial charge in [0.15, 0.2) is 0 Å². The zero-order valence-electron chi connectivity index (χ0n) is 13.5. The summed E-state index contributed by atoms with van der Waals surface area (Å²) in [5, 5.41) is 7.42. The van der Waals surface area contributed by atoms with E-state index in [0.717, 1.165) is 16.8 Å². The zero-order valence-corrected chi connectivity index (χ0v) is 13.5. The predicted octanol–water partition coefficient (Wildman–Crippen LogP) is 2.25. The van der Waals surface area contributed by atoms with Gasteiger partial charge in [0.2, 0.25) is 5.91 Å². The molecule has 1 heterocycles. The quantitative estimate of drug-likeness (QED) is 0.409. The molecule has 0 aliphatic heterocycles. The third-order valence-corrected chi connectivity index (χ3v) is 3.89. The van der Waals surface area contributed by atoms with Gasteiger partial charge < -0.3 is 16.5 Å². The summed E-state index contributed by atoms with van der Waals surface area (Å²) in [5.74, 6) is 0.315. The number of rotatable bonds is 6. The van der Waals surface area contributed by atoms with Crippen LogP contribution in [0.15, 0.2) is 54.7 Å². The number of hydrogen-bond donors (Lipinski definition) is 4. The van der Waals surface area contributed by atoms with Gasteiger partial charge in [-0.1, -0.05) is 42.5 Å². The lowest BCUT2D eigenvalue weighted by Gasteiger charge is -2.04. The van der Waals surface area contributed by atoms with Crippen LogP contribution in [-0.2, 0) is 6.42 Å². The van der Waals surface area contributed by atoms with Crippen molar-refractivity contribution in [3.63, 3.8) is 0 Å². The highest BCUT2D eigenvalue weighted by atomic mass is 16.1. The number of imidazole rings is 1. The van der Waals surface area contributed by atoms with Crippen LogP contribution < -0.4 is 11.5 Å². The number of amides is 1. The Morgan fingerprint density at radius 1 is 1.12 bits per heavy atom. The Morgan fingerprint density at radius 3 is 2.52 bits per heavy atom. The molecule has 2 aromatic carbocycles. The molecule has 0 saturated carbocycles. The summed E-state index contributed by atoms with van der Waals surface area (Å²) in [6, 6.07) is 14.6. The molecule has 3 aromatic rings. The molecular weight excluding hydrogens is 314 g/mol. The van der Waals surface area contributed by atoms with Crippen molar-refractivity contribution < 1.29 is 4.79 Å². The Balaban J connectivity index is 1.72. The SMILES string of the molecule is N=C(N)c1ccc(-c2c[nH]c([CH]Cc3ccccc3C(N)=O)n2)cc1. The van der Waals surface area contributed by atoms with E-state index in [4.69, 9.17) is 16.9 Å². The Hall–Kier alpha value is -3.41. The number of hydrogen-bond acceptors (Lipinski definition) is 3. The van der Waals surface area contributed by atoms with Crippen molar-refractivity contribution in [2.75, 3.05) is 0 Å². The zero-order chi connectivity index (χ0) is 17.8. The van der Waals surface area contributed by atoms with Crippen LogP contribution in [0, 0.1) is 11.8 Å². The van der Waals surface area contributed by atoms with Crippen LogP contribution in [0.1, 0.15) is 27.3 Å². The number of nitrogens with one attached hydrogen (secondary N) is 2. The average molecular weight is 332 g/mol. The number of carbonyl (C=O) groups excluding carboxylic acids is 1. The number of nitrogen functional groups attached to an aromatic ring is 1. The second kappa shape index (κ2) is 7.00. The molecule has 0 saturated heterocycles. The number of aromatic nitrogens is 2. The molecule has 0 aliphatic carbocycles. The molecule has 125 valence electrons. The lowest BCUT2D eigenvalue weighted by atomic mass is 10.0. The topological polar surface area (TPSA) is 122 Å². The van der Waals surface area contributed by atoms with Gasteiger partial charge >= 0.3 is 0 Å². The summed E-state index contributed by atoms with van der Waals surface area (Å²) in [6.45, 7) is 0. The van der Waals surface area contributed by atoms with Crippen LogP contribution in [0.25, 0.3) is 11.3 Å². The van der Waals surface area contributed by atoms with Gasteiger partial charge in [-0.3, -0.25) is 10.2 Å². The summed E-state index contributed by atoms with van der Waals surface area (Å²) in [5.41, 5.74) is 14.6. The lowest BCUT2D eigenvalue weighted by molar-refractivity contribution is 0.0999. The first-order valence-electron chi connectivity index (χ1n) is 7.76. The van der Waals surface area contributed by atoms with Gasteiger partial charge in [0.25, 0.3) is 0 Å². The first-order valence-corrected chi connectivity index (χ1v) is 7.76. The predicted molar refractivity (Wildman–Crippen MR) is 97.1 cm³/mol. The van der Waals surface area contributed by atoms with Crippen molar-refractivity contribution in [1.29, 1.82) is 5.41 Å². The summed E-state index contributed by atoms with van der Waals surface area (Å²) in [4.78, 5) is 19.1. The van der Waals surface area contributed by atoms with Gasteiger partial charge in [-0.05, 0) is 18.1 Å². The van der Waals surface area contributed by atoms with Crippen LogP contribution in [-0.4, -0.2) is 21.7 Å². The maximum atomic E-state index is 11.5. The molecule has 1 amide bonds. The standard InChI is InChI=1S/C19H18N5O/c20-18(21)14-7-5-13(6-8-14)16-11-23-17(24-16)10-9-12-3-1-2-4-15(12)19(22)25/h1-8,10-11H,9H2,(H3,20,21)(H2,22,25)(H,23,24). The van der Waals surface area contributed by atoms with Crippen molar-refractivity contribution in [2.24, 2.45) is 11.5 Å². The second-order valence-electron chi connectivity index (χ2n) is 5.59. The van der Waals surface area contributed by atoms with Gasteiger partial charge in [-0.25, -0.2) is 4.98 Å². The van der Waals surface area contributed by atoms with Crippen molar-refractivity contribution in [1.82, 2.24) is 9.97 Å². The monoisotopic (exact) mass is 332 g/mol. The Morgan fingerprint density at radius 2 is 1.84 bits per heavy atom. The first kappa shape index (κ1) is 16.4. The molecule has 6 heteroatoms. The maximum absolute atomic E-state index is 11.5. The third kappa shape index (κ3) is 3.74. The van der Waals surface area contributed by atoms with Crippen LogP contribution in [0.5, 0.6) is 0 Å². The molecular formula is C19H18N5O. The number of benzene rings is 2. The highest BCUT2D eigenvalue weighted by Gasteiger charge is 2.09. The second-order valence-corrected chi connectivity index (χ2v) is 5.59. The highest BCUT2D eigenvalue weighted by Crippen LogP contribution is 2.19. The minimum absolute atomic E-state index is 0.0377. The normalized spacial score (nSPS) is 10.6. The van der Waals surface area contributed by atoms with Gasteiger partial charge in [0, 0.05) is 29.3 Å². The minimum atomic E-state index is -0.435. The number of nitrogens with two attached hydrogens (primary N) is 2. The summed E-state index contributed by atoms with van der Waals surface area (Å²) >= 11 is 0. The highest BCUT2D eigenvalue weighted by molar-refractivity contribution is 5.95. The summed E-state index contributed by atoms with van der Waals surface area (Å²) < 4.78 is 0. The molecule has 0 aliphatic rings. The van der Waals surface area contributed by atoms with E-state index in [1.165, 1.54) is 0 Å². The van der Waals surface area contributed by atoms with Gasteiger partial charge in [-0.2, -0.15) is 0 Å². The lowest BCUT2D eigenvalue weighted by Crippen LogP contribution is -2.13. The van der Waals surface area contributed by atoms with Crippen LogP contribution in [0.3, 0.4) is 0 Å². The van der Waals surface area contributed by atoms with Crippen LogP contribution in [0.2, 0.25) is 0 Å². The smallest absolute Gasteiger partial charge is 0.248 e. The molecule has 0 spiro atoms. The largest absolute Gasteiger partial charge is 0.384 e. The number of primary amides is 1. The molecule has 0 fully saturated rings. The van der Waals surface area contributed by atoms with Crippen molar-refractivity contribution in [3.05, 3.63) is 83.7 Å². The molecule has 1 radical (unpaired) electrons. The Labute approximate surface area is 145 Å². The van der Waals surface area contributed by atoms with E-state index in [9.17, 15) is 4.79 Å². The molecule has 25 heavy (non-hydrogen) atoms. The van der Waals surface area contributed by atoms with E-state index in [0.29, 0.717) is 23.4 Å². The van der Waals surface area contributed by atoms with Gasteiger partial charge in [0.05, 0.1) is 5.69 Å². The fourth-order valence-corrected chi connectivity index (χ4v) is 2.55. The summed E-state index contributed by atoms with van der Waals surface area (Å²) in [6.07, 6.45) is 4.28. The van der Waals surface area contributed by atoms with E-state index >= 15 is 0 Å². The van der Waals surface area contributed by atoms with E-state index in [2.05, 4.69) is 9.97 Å². The van der Waals surface area contributed by atoms with Gasteiger partial charge in [-0.15, -0.1) is 0 Å². The Kier molecular flexibility index (Phi) is 4.61.